The average molecular weight is 395 g/mol. The van der Waals surface area contributed by atoms with E-state index in [1.54, 1.807) is 12.1 Å². The molecule has 9 heteroatoms. The quantitative estimate of drug-likeness (QED) is 0.253. The Labute approximate surface area is 156 Å². The van der Waals surface area contributed by atoms with Crippen LogP contribution in [0.2, 0.25) is 0 Å². The van der Waals surface area contributed by atoms with Gasteiger partial charge in [0.15, 0.2) is 0 Å². The minimum absolute atomic E-state index is 0.119. The van der Waals surface area contributed by atoms with E-state index in [1.807, 2.05) is 19.1 Å². The lowest BCUT2D eigenvalue weighted by Gasteiger charge is -2.06. The van der Waals surface area contributed by atoms with E-state index in [0.717, 1.165) is 17.3 Å². The Morgan fingerprint density at radius 2 is 1.62 bits per heavy atom. The van der Waals surface area contributed by atoms with Crippen LogP contribution >= 0.6 is 11.8 Å². The molecule has 0 saturated carbocycles. The van der Waals surface area contributed by atoms with Crippen LogP contribution in [0.5, 0.6) is 5.75 Å². The van der Waals surface area contributed by atoms with Gasteiger partial charge in [-0.3, -0.25) is 4.28 Å². The molecule has 0 heterocycles. The zero-order chi connectivity index (χ0) is 19.2. The molecule has 26 heavy (non-hydrogen) atoms. The molecule has 0 N–H and O–H groups in total. The minimum Gasteiger partial charge on any atom is -0.497 e. The van der Waals surface area contributed by atoms with Crippen molar-refractivity contribution in [2.24, 2.45) is 5.16 Å². The summed E-state index contributed by atoms with van der Waals surface area (Å²) < 4.78 is 38.7. The first-order valence-electron chi connectivity index (χ1n) is 7.34. The summed E-state index contributed by atoms with van der Waals surface area (Å²) in [5.74, 6) is -0.307. The van der Waals surface area contributed by atoms with E-state index < -0.39 is 16.1 Å². The van der Waals surface area contributed by atoms with Crippen molar-refractivity contribution >= 4 is 32.9 Å². The monoisotopic (exact) mass is 395 g/mol. The number of benzene rings is 2. The molecule has 0 fully saturated rings. The SMILES string of the molecule is COC(=O)C(=NOS(=O)(=O)c1ccc(OC)cc1)Sc1ccc(C)cc1. The molecule has 0 radical (unpaired) electrons. The lowest BCUT2D eigenvalue weighted by Crippen LogP contribution is -2.14. The van der Waals surface area contributed by atoms with E-state index in [0.29, 0.717) is 10.6 Å². The molecule has 2 aromatic carbocycles. The molecule has 0 spiro atoms. The van der Waals surface area contributed by atoms with Gasteiger partial charge in [0.05, 0.1) is 14.2 Å². The first-order chi connectivity index (χ1) is 12.4. The first-order valence-corrected chi connectivity index (χ1v) is 9.56. The van der Waals surface area contributed by atoms with E-state index in [-0.39, 0.29) is 9.94 Å². The smallest absolute Gasteiger partial charge is 0.367 e. The molecule has 0 aromatic heterocycles. The van der Waals surface area contributed by atoms with Crippen molar-refractivity contribution in [3.05, 3.63) is 54.1 Å². The number of carbonyl (C=O) groups excluding carboxylic acids is 1. The predicted molar refractivity (Wildman–Crippen MR) is 97.8 cm³/mol. The third kappa shape index (κ3) is 5.24. The molecule has 0 unspecified atom stereocenters. The topological polar surface area (TPSA) is 91.3 Å². The van der Waals surface area contributed by atoms with Gasteiger partial charge in [0.25, 0.3) is 0 Å². The minimum atomic E-state index is -4.19. The maximum Gasteiger partial charge on any atom is 0.367 e. The van der Waals surface area contributed by atoms with E-state index in [9.17, 15) is 13.2 Å². The van der Waals surface area contributed by atoms with Gasteiger partial charge >= 0.3 is 16.1 Å². The van der Waals surface area contributed by atoms with E-state index in [4.69, 9.17) is 4.74 Å². The van der Waals surface area contributed by atoms with Gasteiger partial charge in [-0.05, 0) is 43.3 Å². The van der Waals surface area contributed by atoms with Crippen LogP contribution < -0.4 is 4.74 Å². The summed E-state index contributed by atoms with van der Waals surface area (Å²) in [7, 11) is -1.55. The molecular weight excluding hydrogens is 378 g/mol. The molecule has 0 amide bonds. The zero-order valence-electron chi connectivity index (χ0n) is 14.3. The van der Waals surface area contributed by atoms with Gasteiger partial charge in [0.1, 0.15) is 10.6 Å². The molecule has 7 nitrogen and oxygen atoms in total. The van der Waals surface area contributed by atoms with Crippen LogP contribution in [-0.4, -0.2) is 33.7 Å². The molecule has 138 valence electrons. The van der Waals surface area contributed by atoms with Crippen molar-refractivity contribution in [1.82, 2.24) is 0 Å². The van der Waals surface area contributed by atoms with Gasteiger partial charge in [-0.15, -0.1) is 0 Å². The van der Waals surface area contributed by atoms with Crippen LogP contribution in [0.3, 0.4) is 0 Å². The van der Waals surface area contributed by atoms with Gasteiger partial charge in [-0.25, -0.2) is 4.79 Å². The highest BCUT2D eigenvalue weighted by molar-refractivity contribution is 8.15. The number of esters is 1. The number of oxime groups is 1. The van der Waals surface area contributed by atoms with Crippen LogP contribution in [0.15, 0.2) is 63.5 Å². The number of hydrogen-bond acceptors (Lipinski definition) is 8. The largest absolute Gasteiger partial charge is 0.497 e. The Kier molecular flexibility index (Phi) is 6.64. The normalized spacial score (nSPS) is 11.7. The predicted octanol–water partition coefficient (Wildman–Crippen LogP) is 2.99. The van der Waals surface area contributed by atoms with Crippen LogP contribution in [0.25, 0.3) is 0 Å². The summed E-state index contributed by atoms with van der Waals surface area (Å²) in [5, 5.41) is 3.25. The second-order valence-electron chi connectivity index (χ2n) is 5.01. The Morgan fingerprint density at radius 1 is 1.00 bits per heavy atom. The van der Waals surface area contributed by atoms with Gasteiger partial charge in [-0.2, -0.15) is 8.42 Å². The van der Waals surface area contributed by atoms with Crippen LogP contribution in [0.1, 0.15) is 5.56 Å². The summed E-state index contributed by atoms with van der Waals surface area (Å²) in [6.45, 7) is 1.92. The van der Waals surface area contributed by atoms with Crippen molar-refractivity contribution in [3.63, 3.8) is 0 Å². The molecule has 2 aromatic rings. The van der Waals surface area contributed by atoms with Crippen LogP contribution in [0, 0.1) is 6.92 Å². The summed E-state index contributed by atoms with van der Waals surface area (Å²) in [6, 6.07) is 12.8. The lowest BCUT2D eigenvalue weighted by molar-refractivity contribution is -0.132. The van der Waals surface area contributed by atoms with Crippen LogP contribution in [-0.2, 0) is 23.9 Å². The fourth-order valence-corrected chi connectivity index (χ4v) is 3.28. The van der Waals surface area contributed by atoms with Gasteiger partial charge in [0.2, 0.25) is 5.04 Å². The van der Waals surface area contributed by atoms with E-state index >= 15 is 0 Å². The number of rotatable bonds is 5. The number of nitrogens with zero attached hydrogens (tertiary/aromatic N) is 1. The Bertz CT molecular complexity index is 890. The maximum absolute atomic E-state index is 12.2. The lowest BCUT2D eigenvalue weighted by atomic mass is 10.2. The molecule has 0 atom stereocenters. The highest BCUT2D eigenvalue weighted by Gasteiger charge is 2.20. The third-order valence-electron chi connectivity index (χ3n) is 3.16. The second-order valence-corrected chi connectivity index (χ2v) is 7.60. The van der Waals surface area contributed by atoms with Gasteiger partial charge in [0, 0.05) is 4.90 Å². The number of methoxy groups -OCH3 is 2. The average Bonchev–Trinajstić information content (AvgIpc) is 2.66. The molecule has 0 bridgehead atoms. The number of aryl methyl sites for hydroxylation is 1. The maximum atomic E-state index is 12.2. The van der Waals surface area contributed by atoms with Gasteiger partial charge < -0.3 is 9.47 Å². The second kappa shape index (κ2) is 8.72. The fourth-order valence-electron chi connectivity index (χ4n) is 1.77. The fraction of sp³-hybridized carbons (Fsp3) is 0.176. The Morgan fingerprint density at radius 3 is 2.15 bits per heavy atom. The third-order valence-corrected chi connectivity index (χ3v) is 5.22. The standard InChI is InChI=1S/C17H17NO6S2/c1-12-4-8-14(9-5-12)25-16(17(19)23-3)18-24-26(20,21)15-10-6-13(22-2)7-11-15/h4-11H,1-3H3. The van der Waals surface area contributed by atoms with Gasteiger partial charge in [-0.1, -0.05) is 34.6 Å². The first kappa shape index (κ1) is 19.8. The van der Waals surface area contributed by atoms with Crippen molar-refractivity contribution < 1.29 is 27.0 Å². The Balaban J connectivity index is 2.22. The number of carbonyl (C=O) groups is 1. The summed E-state index contributed by atoms with van der Waals surface area (Å²) in [4.78, 5) is 12.4. The van der Waals surface area contributed by atoms with Crippen molar-refractivity contribution in [1.29, 1.82) is 0 Å². The highest BCUT2D eigenvalue weighted by atomic mass is 32.2. The molecule has 0 saturated heterocycles. The highest BCUT2D eigenvalue weighted by Crippen LogP contribution is 2.23. The van der Waals surface area contributed by atoms with E-state index in [2.05, 4.69) is 14.2 Å². The molecule has 0 aliphatic heterocycles. The van der Waals surface area contributed by atoms with Crippen molar-refractivity contribution in [2.75, 3.05) is 14.2 Å². The zero-order valence-corrected chi connectivity index (χ0v) is 16.0. The Hall–Kier alpha value is -2.52. The summed E-state index contributed by atoms with van der Waals surface area (Å²) >= 11 is 0.938. The van der Waals surface area contributed by atoms with Crippen molar-refractivity contribution in [3.8, 4) is 5.75 Å². The summed E-state index contributed by atoms with van der Waals surface area (Å²) in [6.07, 6.45) is 0. The summed E-state index contributed by atoms with van der Waals surface area (Å²) in [5.41, 5.74) is 1.05. The molecular formula is C17H17NO6S2. The molecule has 2 rings (SSSR count). The van der Waals surface area contributed by atoms with E-state index in [1.165, 1.54) is 38.5 Å². The molecule has 0 aliphatic carbocycles. The number of thioether (sulfide) groups is 1. The number of hydrogen-bond donors (Lipinski definition) is 0. The molecule has 0 aliphatic rings. The number of ether oxygens (including phenoxy) is 2. The van der Waals surface area contributed by atoms with Crippen LogP contribution in [0.4, 0.5) is 0 Å². The van der Waals surface area contributed by atoms with Crippen molar-refractivity contribution in [2.45, 2.75) is 16.7 Å².